The molecule has 1 aliphatic heterocycles. The molecule has 1 saturated carbocycles. The van der Waals surface area contributed by atoms with E-state index in [4.69, 9.17) is 11.8 Å². The fourth-order valence-electron chi connectivity index (χ4n) is 4.03. The minimum atomic E-state index is -4.96. The first-order valence-corrected chi connectivity index (χ1v) is 9.97. The lowest BCUT2D eigenvalue weighted by Gasteiger charge is -2.35. The van der Waals surface area contributed by atoms with E-state index in [9.17, 15) is 26.7 Å². The lowest BCUT2D eigenvalue weighted by atomic mass is 9.96. The second kappa shape index (κ2) is 9.14. The summed E-state index contributed by atoms with van der Waals surface area (Å²) in [6.45, 7) is 2.85. The van der Waals surface area contributed by atoms with E-state index in [1.54, 1.807) is 0 Å². The van der Waals surface area contributed by atoms with Gasteiger partial charge in [-0.1, -0.05) is 6.07 Å². The van der Waals surface area contributed by atoms with Gasteiger partial charge in [-0.3, -0.25) is 4.79 Å². The molecule has 1 aromatic rings. The molecule has 2 fully saturated rings. The highest BCUT2D eigenvalue weighted by Crippen LogP contribution is 2.46. The minimum absolute atomic E-state index is 0.0186. The summed E-state index contributed by atoms with van der Waals surface area (Å²) in [6.07, 6.45) is -3.28. The molecule has 2 aliphatic rings. The zero-order chi connectivity index (χ0) is 21.2. The monoisotopic (exact) mass is 439 g/mol. The Bertz CT molecular complexity index is 724. The summed E-state index contributed by atoms with van der Waals surface area (Å²) in [5.74, 6) is -4.36. The van der Waals surface area contributed by atoms with Crippen LogP contribution >= 0.6 is 11.8 Å². The number of rotatable bonds is 7. The van der Waals surface area contributed by atoms with Crippen molar-refractivity contribution in [3.8, 4) is 0 Å². The normalized spacial score (nSPS) is 23.2. The lowest BCUT2D eigenvalue weighted by molar-refractivity contribution is -0.187. The third-order valence-electron chi connectivity index (χ3n) is 5.72. The number of carbonyl (C=O) groups is 1. The SMILES string of the molecule is O=C(N(CC1CCN(CCNCl)CC1)C1CC1c1ccc(F)c(F)c1)C(F)(F)F. The lowest BCUT2D eigenvalue weighted by Crippen LogP contribution is -2.47. The maximum atomic E-state index is 13.5. The van der Waals surface area contributed by atoms with Gasteiger partial charge < -0.3 is 9.80 Å². The summed E-state index contributed by atoms with van der Waals surface area (Å²) in [4.78, 5) is 17.7. The molecule has 1 aliphatic carbocycles. The van der Waals surface area contributed by atoms with Gasteiger partial charge in [0, 0.05) is 31.6 Å². The summed E-state index contributed by atoms with van der Waals surface area (Å²) in [6, 6.07) is 2.68. The maximum Gasteiger partial charge on any atom is 0.471 e. The zero-order valence-corrected chi connectivity index (χ0v) is 16.4. The van der Waals surface area contributed by atoms with Crippen LogP contribution in [0.15, 0.2) is 18.2 Å². The van der Waals surface area contributed by atoms with E-state index in [-0.39, 0.29) is 12.5 Å². The van der Waals surface area contributed by atoms with Crippen molar-refractivity contribution < 1.29 is 26.7 Å². The van der Waals surface area contributed by atoms with Gasteiger partial charge in [-0.05, 0) is 67.7 Å². The molecule has 1 N–H and O–H groups in total. The molecule has 1 amide bonds. The second-order valence-electron chi connectivity index (χ2n) is 7.71. The molecular weight excluding hydrogens is 417 g/mol. The van der Waals surface area contributed by atoms with Crippen LogP contribution in [0.4, 0.5) is 22.0 Å². The van der Waals surface area contributed by atoms with Gasteiger partial charge in [0.05, 0.1) is 0 Å². The van der Waals surface area contributed by atoms with Gasteiger partial charge in [0.1, 0.15) is 0 Å². The molecule has 0 radical (unpaired) electrons. The third kappa shape index (κ3) is 5.58. The number of nitrogens with one attached hydrogen (secondary N) is 1. The molecule has 2 atom stereocenters. The van der Waals surface area contributed by atoms with E-state index in [2.05, 4.69) is 9.74 Å². The molecule has 162 valence electrons. The van der Waals surface area contributed by atoms with Crippen LogP contribution in [0.25, 0.3) is 0 Å². The average Bonchev–Trinajstić information content (AvgIpc) is 3.47. The number of nitrogens with zero attached hydrogens (tertiary/aromatic N) is 2. The van der Waals surface area contributed by atoms with E-state index in [1.165, 1.54) is 6.07 Å². The summed E-state index contributed by atoms with van der Waals surface area (Å²) >= 11 is 5.45. The maximum absolute atomic E-state index is 13.5. The smallest absolute Gasteiger partial charge is 0.331 e. The van der Waals surface area contributed by atoms with Crippen molar-refractivity contribution in [1.82, 2.24) is 14.6 Å². The average molecular weight is 440 g/mol. The van der Waals surface area contributed by atoms with Gasteiger partial charge in [0.15, 0.2) is 11.6 Å². The summed E-state index contributed by atoms with van der Waals surface area (Å²) < 4.78 is 66.1. The topological polar surface area (TPSA) is 35.6 Å². The molecule has 0 spiro atoms. The Morgan fingerprint density at radius 3 is 2.48 bits per heavy atom. The molecular formula is C19H23ClF5N3O. The van der Waals surface area contributed by atoms with Crippen molar-refractivity contribution in [3.63, 3.8) is 0 Å². The van der Waals surface area contributed by atoms with Crippen molar-refractivity contribution in [3.05, 3.63) is 35.4 Å². The van der Waals surface area contributed by atoms with Crippen molar-refractivity contribution in [1.29, 1.82) is 0 Å². The third-order valence-corrected chi connectivity index (χ3v) is 5.91. The second-order valence-corrected chi connectivity index (χ2v) is 7.97. The van der Waals surface area contributed by atoms with Gasteiger partial charge in [0.2, 0.25) is 0 Å². The largest absolute Gasteiger partial charge is 0.471 e. The molecule has 1 aromatic carbocycles. The van der Waals surface area contributed by atoms with Crippen molar-refractivity contribution >= 4 is 17.7 Å². The van der Waals surface area contributed by atoms with Crippen LogP contribution in [-0.2, 0) is 4.79 Å². The highest BCUT2D eigenvalue weighted by atomic mass is 35.5. The molecule has 0 bridgehead atoms. The minimum Gasteiger partial charge on any atom is -0.331 e. The number of likely N-dealkylation sites (tertiary alicyclic amines) is 1. The van der Waals surface area contributed by atoms with Crippen molar-refractivity contribution in [2.75, 3.05) is 32.7 Å². The number of hydrogen-bond donors (Lipinski definition) is 1. The summed E-state index contributed by atoms with van der Waals surface area (Å²) in [7, 11) is 0. The van der Waals surface area contributed by atoms with E-state index in [0.717, 1.165) is 36.7 Å². The van der Waals surface area contributed by atoms with Crippen LogP contribution in [0.5, 0.6) is 0 Å². The molecule has 4 nitrogen and oxygen atoms in total. The Balaban J connectivity index is 1.65. The van der Waals surface area contributed by atoms with Crippen molar-refractivity contribution in [2.24, 2.45) is 5.92 Å². The van der Waals surface area contributed by atoms with Gasteiger partial charge >= 0.3 is 12.1 Å². The Kier molecular flexibility index (Phi) is 7.01. The fraction of sp³-hybridized carbons (Fsp3) is 0.632. The molecule has 1 saturated heterocycles. The Morgan fingerprint density at radius 2 is 1.90 bits per heavy atom. The molecule has 2 unspecified atom stereocenters. The van der Waals surface area contributed by atoms with E-state index < -0.39 is 35.7 Å². The molecule has 1 heterocycles. The van der Waals surface area contributed by atoms with E-state index in [1.807, 2.05) is 0 Å². The number of alkyl halides is 3. The van der Waals surface area contributed by atoms with Gasteiger partial charge in [-0.2, -0.15) is 13.2 Å². The first-order valence-electron chi connectivity index (χ1n) is 9.59. The number of hydrogen-bond acceptors (Lipinski definition) is 3. The van der Waals surface area contributed by atoms with Crippen LogP contribution in [-0.4, -0.2) is 60.6 Å². The van der Waals surface area contributed by atoms with E-state index in [0.29, 0.717) is 31.4 Å². The number of carbonyl (C=O) groups excluding carboxylic acids is 1. The first kappa shape index (κ1) is 22.2. The van der Waals surface area contributed by atoms with Crippen LogP contribution < -0.4 is 4.84 Å². The Hall–Kier alpha value is -1.45. The van der Waals surface area contributed by atoms with Gasteiger partial charge in [-0.15, -0.1) is 0 Å². The Morgan fingerprint density at radius 1 is 1.21 bits per heavy atom. The van der Waals surface area contributed by atoms with Gasteiger partial charge in [0.25, 0.3) is 0 Å². The highest BCUT2D eigenvalue weighted by molar-refractivity contribution is 6.13. The molecule has 3 rings (SSSR count). The number of benzene rings is 1. The highest BCUT2D eigenvalue weighted by Gasteiger charge is 2.52. The zero-order valence-electron chi connectivity index (χ0n) is 15.7. The predicted molar refractivity (Wildman–Crippen MR) is 98.3 cm³/mol. The molecule has 0 aromatic heterocycles. The summed E-state index contributed by atoms with van der Waals surface area (Å²) in [5, 5.41) is 0. The quantitative estimate of drug-likeness (QED) is 0.520. The van der Waals surface area contributed by atoms with Crippen LogP contribution in [0.1, 0.15) is 30.7 Å². The van der Waals surface area contributed by atoms with Crippen LogP contribution in [0.2, 0.25) is 0 Å². The van der Waals surface area contributed by atoms with Crippen LogP contribution in [0, 0.1) is 17.6 Å². The molecule has 29 heavy (non-hydrogen) atoms. The van der Waals surface area contributed by atoms with E-state index >= 15 is 0 Å². The molecule has 10 heteroatoms. The Labute approximate surface area is 171 Å². The standard InChI is InChI=1S/C19H23ClF5N3O/c20-26-5-8-27-6-3-12(4-7-27)11-28(18(29)19(23,24)25)17-10-14(17)13-1-2-15(21)16(22)9-13/h1-2,9,12,14,17,26H,3-8,10-11H2. The first-order chi connectivity index (χ1) is 13.7. The fourth-order valence-corrected chi connectivity index (χ4v) is 4.11. The van der Waals surface area contributed by atoms with Crippen LogP contribution in [0.3, 0.4) is 0 Å². The number of amides is 1. The number of piperidine rings is 1. The van der Waals surface area contributed by atoms with Gasteiger partial charge in [-0.25, -0.2) is 13.6 Å². The predicted octanol–water partition coefficient (Wildman–Crippen LogP) is 3.67. The van der Waals surface area contributed by atoms with Crippen molar-refractivity contribution in [2.45, 2.75) is 37.4 Å². The number of halogens is 6. The summed E-state index contributed by atoms with van der Waals surface area (Å²) in [5.41, 5.74) is 0.414.